The first-order valence-corrected chi connectivity index (χ1v) is 6.38. The Hall–Kier alpha value is -0.570. The number of rotatable bonds is 2. The molecule has 16 heavy (non-hydrogen) atoms. The highest BCUT2D eigenvalue weighted by atomic mass is 16.6. The summed E-state index contributed by atoms with van der Waals surface area (Å²) in [6.45, 7) is 7.97. The number of ether oxygens (including phenoxy) is 1. The van der Waals surface area contributed by atoms with E-state index in [0.29, 0.717) is 24.2 Å². The number of hydrogen-bond acceptors (Lipinski definition) is 3. The summed E-state index contributed by atoms with van der Waals surface area (Å²) in [7, 11) is 0. The van der Waals surface area contributed by atoms with E-state index >= 15 is 0 Å². The van der Waals surface area contributed by atoms with E-state index in [4.69, 9.17) is 4.74 Å². The van der Waals surface area contributed by atoms with E-state index in [0.717, 1.165) is 13.1 Å². The molecule has 1 N–H and O–H groups in total. The zero-order chi connectivity index (χ0) is 11.8. The zero-order valence-corrected chi connectivity index (χ0v) is 10.6. The van der Waals surface area contributed by atoms with Crippen molar-refractivity contribution in [3.8, 4) is 0 Å². The fourth-order valence-corrected chi connectivity index (χ4v) is 3.11. The van der Waals surface area contributed by atoms with Crippen molar-refractivity contribution in [2.75, 3.05) is 13.1 Å². The Morgan fingerprint density at radius 2 is 1.81 bits per heavy atom. The molecule has 2 aliphatic rings. The van der Waals surface area contributed by atoms with Gasteiger partial charge in [-0.15, -0.1) is 0 Å². The average molecular weight is 225 g/mol. The van der Waals surface area contributed by atoms with Crippen LogP contribution in [0.5, 0.6) is 0 Å². The van der Waals surface area contributed by atoms with Crippen LogP contribution in [0.4, 0.5) is 0 Å². The molecule has 3 nitrogen and oxygen atoms in total. The monoisotopic (exact) mass is 225 g/mol. The van der Waals surface area contributed by atoms with Crippen LogP contribution in [0.25, 0.3) is 0 Å². The largest absolute Gasteiger partial charge is 0.460 e. The number of carbonyl (C=O) groups excluding carboxylic acids is 1. The molecule has 2 unspecified atom stereocenters. The third kappa shape index (κ3) is 2.76. The molecule has 3 heteroatoms. The molecule has 0 radical (unpaired) electrons. The number of hydrogen-bond donors (Lipinski definition) is 1. The van der Waals surface area contributed by atoms with Crippen molar-refractivity contribution in [1.29, 1.82) is 0 Å². The van der Waals surface area contributed by atoms with Gasteiger partial charge in [0, 0.05) is 6.42 Å². The highest BCUT2D eigenvalue weighted by Gasteiger charge is 2.40. The standard InChI is InChI=1S/C13H23NO2/c1-13(2,3)16-12(15)6-11-9-4-5-10(11)8-14-7-9/h9-11,14H,4-8H2,1-3H3. The quantitative estimate of drug-likeness (QED) is 0.730. The Labute approximate surface area is 97.9 Å². The van der Waals surface area contributed by atoms with E-state index in [-0.39, 0.29) is 11.6 Å². The molecule has 0 aromatic rings. The molecular weight excluding hydrogens is 202 g/mol. The van der Waals surface area contributed by atoms with E-state index in [1.165, 1.54) is 12.8 Å². The van der Waals surface area contributed by atoms with Crippen LogP contribution in [-0.4, -0.2) is 24.7 Å². The molecule has 1 aliphatic heterocycles. The smallest absolute Gasteiger partial charge is 0.306 e. The van der Waals surface area contributed by atoms with Crippen LogP contribution >= 0.6 is 0 Å². The summed E-state index contributed by atoms with van der Waals surface area (Å²) in [6.07, 6.45) is 3.19. The van der Waals surface area contributed by atoms with Crippen molar-refractivity contribution in [3.05, 3.63) is 0 Å². The Morgan fingerprint density at radius 1 is 1.25 bits per heavy atom. The van der Waals surface area contributed by atoms with Gasteiger partial charge in [-0.1, -0.05) is 0 Å². The predicted molar refractivity (Wildman–Crippen MR) is 63.0 cm³/mol. The molecular formula is C13H23NO2. The van der Waals surface area contributed by atoms with Crippen LogP contribution in [-0.2, 0) is 9.53 Å². The molecule has 92 valence electrons. The topological polar surface area (TPSA) is 38.3 Å². The number of carbonyl (C=O) groups is 1. The summed E-state index contributed by atoms with van der Waals surface area (Å²) in [4.78, 5) is 11.8. The van der Waals surface area contributed by atoms with Gasteiger partial charge >= 0.3 is 5.97 Å². The zero-order valence-electron chi connectivity index (χ0n) is 10.6. The highest BCUT2D eigenvalue weighted by molar-refractivity contribution is 5.70. The van der Waals surface area contributed by atoms with Crippen LogP contribution < -0.4 is 5.32 Å². The maximum Gasteiger partial charge on any atom is 0.306 e. The van der Waals surface area contributed by atoms with Crippen molar-refractivity contribution in [2.24, 2.45) is 17.8 Å². The van der Waals surface area contributed by atoms with Crippen molar-refractivity contribution in [1.82, 2.24) is 5.32 Å². The minimum atomic E-state index is -0.344. The Bertz CT molecular complexity index is 254. The Kier molecular flexibility index (Phi) is 3.24. The molecule has 0 aromatic carbocycles. The second-order valence-corrected chi connectivity index (χ2v) is 6.21. The summed E-state index contributed by atoms with van der Waals surface area (Å²) >= 11 is 0. The van der Waals surface area contributed by atoms with Crippen molar-refractivity contribution in [2.45, 2.75) is 45.6 Å². The first-order valence-electron chi connectivity index (χ1n) is 6.38. The molecule has 0 spiro atoms. The van der Waals surface area contributed by atoms with E-state index in [1.807, 2.05) is 20.8 Å². The summed E-state index contributed by atoms with van der Waals surface area (Å²) in [5, 5.41) is 3.45. The predicted octanol–water partition coefficient (Wildman–Crippen LogP) is 1.96. The molecule has 1 heterocycles. The molecule has 1 saturated carbocycles. The lowest BCUT2D eigenvalue weighted by molar-refractivity contribution is -0.156. The van der Waals surface area contributed by atoms with Gasteiger partial charge in [0.25, 0.3) is 0 Å². The summed E-state index contributed by atoms with van der Waals surface area (Å²) in [5.41, 5.74) is -0.344. The number of fused-ring (bicyclic) bond motifs is 2. The lowest BCUT2D eigenvalue weighted by Crippen LogP contribution is -2.39. The number of esters is 1. The summed E-state index contributed by atoms with van der Waals surface area (Å²) < 4.78 is 5.41. The number of piperidine rings is 1. The van der Waals surface area contributed by atoms with Crippen molar-refractivity contribution >= 4 is 5.97 Å². The van der Waals surface area contributed by atoms with Crippen LogP contribution in [0, 0.1) is 17.8 Å². The summed E-state index contributed by atoms with van der Waals surface area (Å²) in [6, 6.07) is 0. The highest BCUT2D eigenvalue weighted by Crippen LogP contribution is 2.41. The van der Waals surface area contributed by atoms with Gasteiger partial charge in [-0.3, -0.25) is 4.79 Å². The van der Waals surface area contributed by atoms with Crippen molar-refractivity contribution in [3.63, 3.8) is 0 Å². The minimum absolute atomic E-state index is 0.0173. The third-order valence-electron chi connectivity index (χ3n) is 3.75. The first kappa shape index (κ1) is 11.9. The molecule has 0 amide bonds. The Balaban J connectivity index is 1.88. The number of nitrogens with one attached hydrogen (secondary N) is 1. The molecule has 2 rings (SSSR count). The minimum Gasteiger partial charge on any atom is -0.460 e. The van der Waals surface area contributed by atoms with Crippen LogP contribution in [0.2, 0.25) is 0 Å². The maximum atomic E-state index is 11.8. The van der Waals surface area contributed by atoms with Gasteiger partial charge < -0.3 is 10.1 Å². The SMILES string of the molecule is CC(C)(C)OC(=O)CC1C2CCC1CNC2. The second-order valence-electron chi connectivity index (χ2n) is 6.21. The molecule has 2 bridgehead atoms. The molecule has 2 fully saturated rings. The first-order chi connectivity index (χ1) is 7.46. The lowest BCUT2D eigenvalue weighted by Gasteiger charge is -2.31. The van der Waals surface area contributed by atoms with E-state index in [2.05, 4.69) is 5.32 Å². The second kappa shape index (κ2) is 4.36. The normalized spacial score (nSPS) is 33.8. The Morgan fingerprint density at radius 3 is 2.31 bits per heavy atom. The van der Waals surface area contributed by atoms with E-state index in [1.54, 1.807) is 0 Å². The van der Waals surface area contributed by atoms with Gasteiger partial charge in [0.2, 0.25) is 0 Å². The maximum absolute atomic E-state index is 11.8. The van der Waals surface area contributed by atoms with Gasteiger partial charge in [0.05, 0.1) is 0 Å². The van der Waals surface area contributed by atoms with Gasteiger partial charge in [-0.25, -0.2) is 0 Å². The molecule has 1 aliphatic carbocycles. The van der Waals surface area contributed by atoms with Gasteiger partial charge in [-0.2, -0.15) is 0 Å². The lowest BCUT2D eigenvalue weighted by atomic mass is 9.84. The van der Waals surface area contributed by atoms with Gasteiger partial charge in [0.15, 0.2) is 0 Å². The fourth-order valence-electron chi connectivity index (χ4n) is 3.11. The van der Waals surface area contributed by atoms with Crippen LogP contribution in [0.1, 0.15) is 40.0 Å². The van der Waals surface area contributed by atoms with Gasteiger partial charge in [-0.05, 0) is 64.5 Å². The average Bonchev–Trinajstić information content (AvgIpc) is 2.39. The van der Waals surface area contributed by atoms with E-state index < -0.39 is 0 Å². The third-order valence-corrected chi connectivity index (χ3v) is 3.75. The van der Waals surface area contributed by atoms with Crippen LogP contribution in [0.15, 0.2) is 0 Å². The fraction of sp³-hybridized carbons (Fsp3) is 0.923. The molecule has 2 atom stereocenters. The van der Waals surface area contributed by atoms with E-state index in [9.17, 15) is 4.79 Å². The van der Waals surface area contributed by atoms with Crippen LogP contribution in [0.3, 0.4) is 0 Å². The summed E-state index contributed by atoms with van der Waals surface area (Å²) in [5.74, 6) is 1.95. The van der Waals surface area contributed by atoms with Gasteiger partial charge in [0.1, 0.15) is 5.60 Å². The van der Waals surface area contributed by atoms with Crippen molar-refractivity contribution < 1.29 is 9.53 Å². The molecule has 1 saturated heterocycles. The molecule has 0 aromatic heterocycles.